The van der Waals surface area contributed by atoms with Gasteiger partial charge in [-0.3, -0.25) is 9.79 Å². The van der Waals surface area contributed by atoms with Crippen LogP contribution in [0.15, 0.2) is 12.4 Å². The predicted molar refractivity (Wildman–Crippen MR) is 47.3 cm³/mol. The monoisotopic (exact) mass is 212 g/mol. The van der Waals surface area contributed by atoms with Crippen molar-refractivity contribution in [1.82, 2.24) is 9.80 Å². The first-order chi connectivity index (χ1) is 5.83. The molecule has 0 aromatic heterocycles. The minimum atomic E-state index is -5.14. The molecule has 5 nitrogen and oxygen atoms in total. The molecule has 0 saturated heterocycles. The van der Waals surface area contributed by atoms with Gasteiger partial charge < -0.3 is 9.80 Å². The molecule has 0 aromatic carbocycles. The first kappa shape index (κ1) is 12.4. The largest absolute Gasteiger partial charge is 0.507 e. The average Bonchev–Trinajstić information content (AvgIpc) is 2.31. The maximum absolute atomic E-state index is 10.4. The third-order valence-corrected chi connectivity index (χ3v) is 1.34. The van der Waals surface area contributed by atoms with Gasteiger partial charge in [-0.1, -0.05) is 0 Å². The molecule has 0 unspecified atom stereocenters. The summed E-state index contributed by atoms with van der Waals surface area (Å²) in [4.78, 5) is 18.3. The molecule has 1 heterocycles. The molecule has 13 heavy (non-hydrogen) atoms. The normalized spacial score (nSPS) is 15.8. The van der Waals surface area contributed by atoms with Crippen LogP contribution in [0.5, 0.6) is 0 Å². The fourth-order valence-electron chi connectivity index (χ4n) is 0.794. The molecule has 0 aliphatic carbocycles. The van der Waals surface area contributed by atoms with Gasteiger partial charge in [-0.25, -0.2) is 4.57 Å². The fraction of sp³-hybridized carbons (Fsp3) is 0.667. The summed E-state index contributed by atoms with van der Waals surface area (Å²) in [5.41, 5.74) is 0. The Bertz CT molecular complexity index is 210. The minimum absolute atomic E-state index is 1.05. The van der Waals surface area contributed by atoms with Crippen LogP contribution in [0.4, 0.5) is 4.20 Å². The van der Waals surface area contributed by atoms with Crippen molar-refractivity contribution in [2.45, 2.75) is 6.92 Å². The van der Waals surface area contributed by atoms with E-state index in [1.807, 2.05) is 0 Å². The Labute approximate surface area is 76.7 Å². The first-order valence-electron chi connectivity index (χ1n) is 3.70. The molecule has 7 heteroatoms. The number of rotatable bonds is 1. The van der Waals surface area contributed by atoms with Crippen molar-refractivity contribution in [3.63, 3.8) is 0 Å². The van der Waals surface area contributed by atoms with E-state index in [-0.39, 0.29) is 0 Å². The molecular formula is C6H14FN2O3P. The molecule has 2 N–H and O–H groups in total. The second-order valence-electron chi connectivity index (χ2n) is 2.57. The van der Waals surface area contributed by atoms with Crippen LogP contribution in [0.1, 0.15) is 6.92 Å². The molecule has 1 aliphatic heterocycles. The first-order valence-corrected chi connectivity index (χ1v) is 5.21. The lowest BCUT2D eigenvalue weighted by Gasteiger charge is -2.14. The van der Waals surface area contributed by atoms with Crippen LogP contribution in [0.2, 0.25) is 0 Å². The SMILES string of the molecule is CCN1C=CN(C)C1.O=P(O)(O)F. The molecule has 1 aliphatic rings. The van der Waals surface area contributed by atoms with Crippen molar-refractivity contribution < 1.29 is 18.5 Å². The van der Waals surface area contributed by atoms with Gasteiger partial charge in [0, 0.05) is 26.0 Å². The van der Waals surface area contributed by atoms with Crippen LogP contribution in [0.25, 0.3) is 0 Å². The van der Waals surface area contributed by atoms with Crippen molar-refractivity contribution in [3.05, 3.63) is 12.4 Å². The van der Waals surface area contributed by atoms with Gasteiger partial charge in [0.05, 0.1) is 6.67 Å². The highest BCUT2D eigenvalue weighted by atomic mass is 31.2. The van der Waals surface area contributed by atoms with Crippen molar-refractivity contribution in [2.75, 3.05) is 20.3 Å². The quantitative estimate of drug-likeness (QED) is 0.627. The molecule has 1 rings (SSSR count). The molecule has 0 bridgehead atoms. The molecule has 0 fully saturated rings. The van der Waals surface area contributed by atoms with Gasteiger partial charge in [0.15, 0.2) is 0 Å². The van der Waals surface area contributed by atoms with Gasteiger partial charge in [0.2, 0.25) is 0 Å². The van der Waals surface area contributed by atoms with Crippen molar-refractivity contribution in [2.24, 2.45) is 0 Å². The maximum atomic E-state index is 10.4. The molecule has 78 valence electrons. The van der Waals surface area contributed by atoms with Crippen LogP contribution in [0, 0.1) is 0 Å². The number of halogens is 1. The van der Waals surface area contributed by atoms with Crippen LogP contribution in [0.3, 0.4) is 0 Å². The molecule has 0 aromatic rings. The Kier molecular flexibility index (Phi) is 4.98. The van der Waals surface area contributed by atoms with E-state index >= 15 is 0 Å². The zero-order valence-electron chi connectivity index (χ0n) is 7.59. The molecule has 0 radical (unpaired) electrons. The summed E-state index contributed by atoms with van der Waals surface area (Å²) in [6.07, 6.45) is 4.20. The van der Waals surface area contributed by atoms with E-state index < -0.39 is 7.91 Å². The smallest absolute Gasteiger partial charge is 0.362 e. The summed E-state index contributed by atoms with van der Waals surface area (Å²) in [5, 5.41) is 0. The standard InChI is InChI=1S/C6H12N2.FH2O3P/c1-3-8-5-4-7(2)6-8;1-5(2,3)4/h4-5H,3,6H2,1-2H3;(H2,2,3,4). The van der Waals surface area contributed by atoms with E-state index in [9.17, 15) is 4.20 Å². The van der Waals surface area contributed by atoms with Gasteiger partial charge in [-0.05, 0) is 6.92 Å². The molecule has 0 amide bonds. The van der Waals surface area contributed by atoms with Gasteiger partial charge in [-0.15, -0.1) is 4.20 Å². The van der Waals surface area contributed by atoms with E-state index in [4.69, 9.17) is 14.4 Å². The van der Waals surface area contributed by atoms with Crippen LogP contribution in [-0.2, 0) is 4.57 Å². The highest BCUT2D eigenvalue weighted by molar-refractivity contribution is 7.45. The molecule has 0 saturated carbocycles. The minimum Gasteiger partial charge on any atom is -0.362 e. The average molecular weight is 212 g/mol. The summed E-state index contributed by atoms with van der Waals surface area (Å²) >= 11 is 0. The van der Waals surface area contributed by atoms with Crippen LogP contribution >= 0.6 is 7.91 Å². The van der Waals surface area contributed by atoms with Crippen LogP contribution in [-0.4, -0.2) is 39.8 Å². The second-order valence-corrected chi connectivity index (χ2v) is 3.52. The number of nitrogens with zero attached hydrogens (tertiary/aromatic N) is 2. The van der Waals surface area contributed by atoms with Crippen molar-refractivity contribution in [3.8, 4) is 0 Å². The Balaban J connectivity index is 0.000000252. The van der Waals surface area contributed by atoms with Crippen LogP contribution < -0.4 is 0 Å². The van der Waals surface area contributed by atoms with Gasteiger partial charge >= 0.3 is 7.91 Å². The van der Waals surface area contributed by atoms with Gasteiger partial charge in [0.25, 0.3) is 0 Å². The van der Waals surface area contributed by atoms with E-state index in [1.54, 1.807) is 0 Å². The Morgan fingerprint density at radius 2 is 2.00 bits per heavy atom. The topological polar surface area (TPSA) is 64.0 Å². The van der Waals surface area contributed by atoms with Crippen molar-refractivity contribution in [1.29, 1.82) is 0 Å². The summed E-state index contributed by atoms with van der Waals surface area (Å²) in [5.74, 6) is 0. The fourth-order valence-corrected chi connectivity index (χ4v) is 0.794. The van der Waals surface area contributed by atoms with Gasteiger partial charge in [0.1, 0.15) is 0 Å². The zero-order valence-corrected chi connectivity index (χ0v) is 8.49. The number of hydrogen-bond donors (Lipinski definition) is 2. The lowest BCUT2D eigenvalue weighted by molar-refractivity contribution is 0.308. The van der Waals surface area contributed by atoms with E-state index in [1.165, 1.54) is 0 Å². The Morgan fingerprint density at radius 3 is 2.15 bits per heavy atom. The summed E-state index contributed by atoms with van der Waals surface area (Å²) in [6, 6.07) is 0. The highest BCUT2D eigenvalue weighted by Gasteiger charge is 2.04. The Morgan fingerprint density at radius 1 is 1.54 bits per heavy atom. The third kappa shape index (κ3) is 9.33. The summed E-state index contributed by atoms with van der Waals surface area (Å²) in [7, 11) is -3.06. The van der Waals surface area contributed by atoms with E-state index in [0.29, 0.717) is 0 Å². The number of hydrogen-bond acceptors (Lipinski definition) is 3. The van der Waals surface area contributed by atoms with E-state index in [2.05, 4.69) is 36.2 Å². The lowest BCUT2D eigenvalue weighted by Crippen LogP contribution is -2.21. The molecule has 0 spiro atoms. The molecule has 0 atom stereocenters. The van der Waals surface area contributed by atoms with Crippen molar-refractivity contribution >= 4 is 7.91 Å². The third-order valence-electron chi connectivity index (χ3n) is 1.34. The second kappa shape index (κ2) is 5.21. The zero-order chi connectivity index (χ0) is 10.5. The highest BCUT2D eigenvalue weighted by Crippen LogP contribution is 2.34. The van der Waals surface area contributed by atoms with E-state index in [0.717, 1.165) is 13.2 Å². The molecular weight excluding hydrogens is 198 g/mol. The maximum Gasteiger partial charge on any atom is 0.507 e. The summed E-state index contributed by atoms with van der Waals surface area (Å²) in [6.45, 7) is 4.32. The lowest BCUT2D eigenvalue weighted by atomic mass is 10.6. The predicted octanol–water partition coefficient (Wildman–Crippen LogP) is 0.731. The summed E-state index contributed by atoms with van der Waals surface area (Å²) < 4.78 is 19.0. The van der Waals surface area contributed by atoms with Gasteiger partial charge in [-0.2, -0.15) is 0 Å². The Hall–Kier alpha value is -0.580.